The second-order valence-corrected chi connectivity index (χ2v) is 9.24. The number of morpholine rings is 1. The molecule has 2 aromatic carbocycles. The van der Waals surface area contributed by atoms with Gasteiger partial charge in [-0.15, -0.1) is 0 Å². The maximum atomic E-state index is 13.8. The number of nitrogens with zero attached hydrogens (tertiary/aromatic N) is 3. The molecule has 2 saturated heterocycles. The van der Waals surface area contributed by atoms with Crippen molar-refractivity contribution in [3.8, 4) is 5.69 Å². The van der Waals surface area contributed by atoms with E-state index in [2.05, 4.69) is 5.10 Å². The molecule has 36 heavy (non-hydrogen) atoms. The highest BCUT2D eigenvalue weighted by atomic mass is 16.5. The average Bonchev–Trinajstić information content (AvgIpc) is 3.42. The molecule has 1 amide bonds. The molecule has 0 saturated carbocycles. The van der Waals surface area contributed by atoms with E-state index >= 15 is 0 Å². The van der Waals surface area contributed by atoms with Gasteiger partial charge in [-0.2, -0.15) is 5.10 Å². The first-order valence-corrected chi connectivity index (χ1v) is 12.4. The van der Waals surface area contributed by atoms with Crippen LogP contribution in [0.4, 0.5) is 0 Å². The van der Waals surface area contributed by atoms with Crippen LogP contribution < -0.4 is 10.0 Å². The number of rotatable bonds is 7. The molecule has 8 heteroatoms. The lowest BCUT2D eigenvalue weighted by Gasteiger charge is -2.28. The fraction of sp³-hybridized carbons (Fsp3) is 0.321. The van der Waals surface area contributed by atoms with Gasteiger partial charge in [-0.25, -0.2) is 4.68 Å². The standard InChI is InChI=1S/C28H30N4O4/c1-20-23(19-29-32(20)22-11-6-3-7-12-22)26(33)24-25(21-9-4-2-5-10-21)31(28(35)27(24)34)14-8-13-30-15-17-36-18-16-30/h2-7,9-12,19,25,33H,8,13-18H2,1H3. The molecule has 2 aliphatic heterocycles. The first kappa shape index (κ1) is 24.0. The summed E-state index contributed by atoms with van der Waals surface area (Å²) in [6.45, 7) is 6.46. The zero-order valence-corrected chi connectivity index (χ0v) is 20.4. The van der Waals surface area contributed by atoms with Crippen molar-refractivity contribution in [2.45, 2.75) is 19.4 Å². The summed E-state index contributed by atoms with van der Waals surface area (Å²) in [5, 5.41) is 18.2. The van der Waals surface area contributed by atoms with E-state index in [0.29, 0.717) is 17.8 Å². The van der Waals surface area contributed by atoms with Crippen LogP contribution in [-0.2, 0) is 14.3 Å². The number of hydrogen-bond donors (Lipinski definition) is 1. The van der Waals surface area contributed by atoms with Gasteiger partial charge in [-0.1, -0.05) is 54.3 Å². The third-order valence-electron chi connectivity index (χ3n) is 7.03. The van der Waals surface area contributed by atoms with Gasteiger partial charge in [0.2, 0.25) is 5.78 Å². The number of ether oxygens (including phenoxy) is 1. The summed E-state index contributed by atoms with van der Waals surface area (Å²) < 4.78 is 7.11. The largest absolute Gasteiger partial charge is 0.872 e. The van der Waals surface area contributed by atoms with E-state index in [0.717, 1.165) is 50.5 Å². The highest BCUT2D eigenvalue weighted by Crippen LogP contribution is 2.39. The zero-order valence-electron chi connectivity index (χ0n) is 20.4. The highest BCUT2D eigenvalue weighted by molar-refractivity contribution is 6.46. The Labute approximate surface area is 210 Å². The molecule has 8 nitrogen and oxygen atoms in total. The van der Waals surface area contributed by atoms with E-state index < -0.39 is 23.5 Å². The van der Waals surface area contributed by atoms with Crippen LogP contribution >= 0.6 is 0 Å². The van der Waals surface area contributed by atoms with Crippen molar-refractivity contribution >= 4 is 17.4 Å². The molecule has 3 aromatic rings. The van der Waals surface area contributed by atoms with E-state index in [-0.39, 0.29) is 5.57 Å². The minimum Gasteiger partial charge on any atom is -0.872 e. The summed E-state index contributed by atoms with van der Waals surface area (Å²) in [5.74, 6) is -1.78. The minimum absolute atomic E-state index is 0.000584. The zero-order chi connectivity index (χ0) is 25.1. The van der Waals surface area contributed by atoms with Crippen molar-refractivity contribution in [1.29, 1.82) is 0 Å². The van der Waals surface area contributed by atoms with Crippen molar-refractivity contribution in [2.75, 3.05) is 39.4 Å². The third-order valence-corrected chi connectivity index (χ3v) is 7.03. The molecule has 1 atom stereocenters. The number of aromatic nitrogens is 2. The number of Topliss-reactive ketones (excluding diaryl/α,β-unsaturated/α-hetero) is 1. The molecule has 3 heterocycles. The summed E-state index contributed by atoms with van der Waals surface area (Å²) in [5.41, 5.74) is 2.53. The Morgan fingerprint density at radius 2 is 1.72 bits per heavy atom. The molecule has 1 N–H and O–H groups in total. The lowest BCUT2D eigenvalue weighted by Crippen LogP contribution is -3.14. The van der Waals surface area contributed by atoms with Crippen LogP contribution in [0.25, 0.3) is 11.4 Å². The number of ketones is 1. The number of nitrogens with one attached hydrogen (secondary N) is 1. The third kappa shape index (κ3) is 4.57. The molecule has 2 aliphatic rings. The second-order valence-electron chi connectivity index (χ2n) is 9.24. The molecular weight excluding hydrogens is 456 g/mol. The maximum absolute atomic E-state index is 13.8. The van der Waals surface area contributed by atoms with Crippen molar-refractivity contribution in [3.63, 3.8) is 0 Å². The molecule has 0 bridgehead atoms. The highest BCUT2D eigenvalue weighted by Gasteiger charge is 2.44. The van der Waals surface area contributed by atoms with Gasteiger partial charge >= 0.3 is 0 Å². The molecule has 0 radical (unpaired) electrons. The Bertz CT molecular complexity index is 1260. The van der Waals surface area contributed by atoms with E-state index in [4.69, 9.17) is 4.74 Å². The van der Waals surface area contributed by atoms with Crippen molar-refractivity contribution < 1.29 is 24.3 Å². The van der Waals surface area contributed by atoms with Crippen molar-refractivity contribution in [2.24, 2.45) is 0 Å². The van der Waals surface area contributed by atoms with E-state index in [1.165, 1.54) is 11.1 Å². The number of quaternary nitrogens is 1. The number of amides is 1. The predicted octanol–water partition coefficient (Wildman–Crippen LogP) is 0.710. The first-order chi connectivity index (χ1) is 17.6. The average molecular weight is 487 g/mol. The number of carbonyl (C=O) groups excluding carboxylic acids is 2. The topological polar surface area (TPSA) is 91.9 Å². The number of likely N-dealkylation sites (tertiary alicyclic amines) is 1. The van der Waals surface area contributed by atoms with Crippen molar-refractivity contribution in [1.82, 2.24) is 14.7 Å². The predicted molar refractivity (Wildman–Crippen MR) is 132 cm³/mol. The summed E-state index contributed by atoms with van der Waals surface area (Å²) in [7, 11) is 0. The van der Waals surface area contributed by atoms with Crippen LogP contribution in [0.1, 0.15) is 29.3 Å². The fourth-order valence-electron chi connectivity index (χ4n) is 5.10. The van der Waals surface area contributed by atoms with E-state index in [1.54, 1.807) is 16.5 Å². The number of carbonyl (C=O) groups is 2. The lowest BCUT2D eigenvalue weighted by atomic mass is 9.95. The molecule has 0 aliphatic carbocycles. The number of para-hydroxylation sites is 1. The van der Waals surface area contributed by atoms with Gasteiger partial charge in [0.05, 0.1) is 37.7 Å². The van der Waals surface area contributed by atoms with E-state index in [1.807, 2.05) is 60.7 Å². The smallest absolute Gasteiger partial charge is 0.295 e. The van der Waals surface area contributed by atoms with Gasteiger partial charge in [0.25, 0.3) is 5.91 Å². The Kier molecular flexibility index (Phi) is 6.97. The molecular formula is C28H30N4O4. The number of hydrogen-bond acceptors (Lipinski definition) is 5. The Balaban J connectivity index is 1.49. The van der Waals surface area contributed by atoms with Crippen LogP contribution in [0.15, 0.2) is 72.4 Å². The van der Waals surface area contributed by atoms with E-state index in [9.17, 15) is 14.7 Å². The minimum atomic E-state index is -0.723. The summed E-state index contributed by atoms with van der Waals surface area (Å²) in [6, 6.07) is 18.1. The molecule has 1 aromatic heterocycles. The summed E-state index contributed by atoms with van der Waals surface area (Å²) in [4.78, 5) is 29.5. The molecule has 5 rings (SSSR count). The Morgan fingerprint density at radius 3 is 2.42 bits per heavy atom. The van der Waals surface area contributed by atoms with Crippen molar-refractivity contribution in [3.05, 3.63) is 89.3 Å². The maximum Gasteiger partial charge on any atom is 0.295 e. The monoisotopic (exact) mass is 486 g/mol. The Morgan fingerprint density at radius 1 is 1.06 bits per heavy atom. The van der Waals surface area contributed by atoms with Crippen LogP contribution in [0, 0.1) is 6.92 Å². The summed E-state index contributed by atoms with van der Waals surface area (Å²) in [6.07, 6.45) is 2.23. The summed E-state index contributed by atoms with van der Waals surface area (Å²) >= 11 is 0. The normalized spacial score (nSPS) is 20.2. The van der Waals surface area contributed by atoms with Gasteiger partial charge in [0, 0.05) is 29.8 Å². The lowest BCUT2D eigenvalue weighted by molar-refractivity contribution is -0.908. The van der Waals surface area contributed by atoms with Crippen LogP contribution in [0.2, 0.25) is 0 Å². The molecule has 0 spiro atoms. The van der Waals surface area contributed by atoms with Gasteiger partial charge in [-0.05, 0) is 24.6 Å². The second kappa shape index (κ2) is 10.5. The molecule has 186 valence electrons. The Hall–Kier alpha value is -3.75. The first-order valence-electron chi connectivity index (χ1n) is 12.4. The van der Waals surface area contributed by atoms with Crippen LogP contribution in [0.3, 0.4) is 0 Å². The van der Waals surface area contributed by atoms with Gasteiger partial charge < -0.3 is 19.6 Å². The van der Waals surface area contributed by atoms with Crippen LogP contribution in [0.5, 0.6) is 0 Å². The van der Waals surface area contributed by atoms with Gasteiger partial charge in [-0.3, -0.25) is 9.59 Å². The van der Waals surface area contributed by atoms with Gasteiger partial charge in [0.15, 0.2) is 0 Å². The quantitative estimate of drug-likeness (QED) is 0.302. The molecule has 1 unspecified atom stereocenters. The van der Waals surface area contributed by atoms with Gasteiger partial charge in [0.1, 0.15) is 13.1 Å². The SMILES string of the molecule is Cc1c(C([O-])=C2C(=O)C(=O)N(CCC[NH+]3CCOCC3)C2c2ccccc2)cnn1-c1ccccc1. The van der Waals surface area contributed by atoms with Crippen LogP contribution in [-0.4, -0.2) is 65.8 Å². The number of benzene rings is 2. The molecule has 2 fully saturated rings. The fourth-order valence-corrected chi connectivity index (χ4v) is 5.10.